The van der Waals surface area contributed by atoms with Gasteiger partial charge in [0.2, 0.25) is 0 Å². The molecule has 0 saturated carbocycles. The van der Waals surface area contributed by atoms with Crippen LogP contribution in [0.15, 0.2) is 101 Å². The molecule has 0 radical (unpaired) electrons. The summed E-state index contributed by atoms with van der Waals surface area (Å²) in [6, 6.07) is 18.3. The van der Waals surface area contributed by atoms with Gasteiger partial charge in [0.05, 0.1) is 27.2 Å². The number of nitrogens with one attached hydrogen (secondary N) is 2. The van der Waals surface area contributed by atoms with Crippen molar-refractivity contribution in [1.82, 2.24) is 9.78 Å². The number of benzene rings is 3. The van der Waals surface area contributed by atoms with E-state index in [-0.39, 0.29) is 16.4 Å². The van der Waals surface area contributed by atoms with Crippen molar-refractivity contribution in [2.45, 2.75) is 16.0 Å². The van der Waals surface area contributed by atoms with Crippen LogP contribution in [0.2, 0.25) is 0 Å². The minimum absolute atomic E-state index is 0.0318. The minimum atomic E-state index is -4.70. The Kier molecular flexibility index (Phi) is 6.30. The Balaban J connectivity index is 1.53. The molecule has 1 heterocycles. The van der Waals surface area contributed by atoms with Gasteiger partial charge in [-0.2, -0.15) is 18.3 Å². The molecule has 182 valence electrons. The number of anilines is 2. The molecule has 4 aromatic rings. The van der Waals surface area contributed by atoms with E-state index >= 15 is 0 Å². The lowest BCUT2D eigenvalue weighted by molar-refractivity contribution is -0.137. The molecule has 1 aromatic heterocycles. The average Bonchev–Trinajstić information content (AvgIpc) is 3.27. The quantitative estimate of drug-likeness (QED) is 0.372. The van der Waals surface area contributed by atoms with Crippen LogP contribution < -0.4 is 9.44 Å². The van der Waals surface area contributed by atoms with Crippen LogP contribution in [-0.2, 0) is 26.2 Å². The predicted molar refractivity (Wildman–Crippen MR) is 123 cm³/mol. The summed E-state index contributed by atoms with van der Waals surface area (Å²) in [4.78, 5) is -0.750. The second-order valence-corrected chi connectivity index (χ2v) is 10.6. The molecule has 0 fully saturated rings. The van der Waals surface area contributed by atoms with Gasteiger partial charge in [0.25, 0.3) is 20.0 Å². The van der Waals surface area contributed by atoms with Crippen molar-refractivity contribution in [2.75, 3.05) is 9.44 Å². The molecule has 0 unspecified atom stereocenters. The molecular weight excluding hydrogens is 505 g/mol. The van der Waals surface area contributed by atoms with Gasteiger partial charge in [-0.05, 0) is 54.6 Å². The van der Waals surface area contributed by atoms with Crippen molar-refractivity contribution in [1.29, 1.82) is 0 Å². The molecule has 0 aliphatic heterocycles. The van der Waals surface area contributed by atoms with Gasteiger partial charge in [-0.15, -0.1) is 0 Å². The van der Waals surface area contributed by atoms with E-state index in [9.17, 15) is 30.0 Å². The maximum Gasteiger partial charge on any atom is 0.416 e. The zero-order valence-corrected chi connectivity index (χ0v) is 19.3. The number of hydrogen-bond donors (Lipinski definition) is 2. The summed E-state index contributed by atoms with van der Waals surface area (Å²) in [6.07, 6.45) is -3.28. The first-order valence-corrected chi connectivity index (χ1v) is 12.8. The van der Waals surface area contributed by atoms with Gasteiger partial charge in [-0.25, -0.2) is 21.5 Å². The number of halogens is 3. The van der Waals surface area contributed by atoms with E-state index in [2.05, 4.69) is 14.5 Å². The van der Waals surface area contributed by atoms with Crippen LogP contribution in [0, 0.1) is 0 Å². The van der Waals surface area contributed by atoms with Gasteiger partial charge in [0.15, 0.2) is 0 Å². The first-order chi connectivity index (χ1) is 16.5. The Hall–Kier alpha value is -3.84. The Morgan fingerprint density at radius 2 is 1.37 bits per heavy atom. The van der Waals surface area contributed by atoms with E-state index in [1.807, 2.05) is 0 Å². The highest BCUT2D eigenvalue weighted by Gasteiger charge is 2.31. The lowest BCUT2D eigenvalue weighted by Gasteiger charge is -2.12. The number of aromatic nitrogens is 2. The number of rotatable bonds is 7. The summed E-state index contributed by atoms with van der Waals surface area (Å²) in [5.74, 6) is 0.186. The summed E-state index contributed by atoms with van der Waals surface area (Å²) in [5.41, 5.74) is -0.507. The number of nitrogens with zero attached hydrogens (tertiary/aromatic N) is 2. The fourth-order valence-corrected chi connectivity index (χ4v) is 5.25. The molecule has 8 nitrogen and oxygen atoms in total. The highest BCUT2D eigenvalue weighted by molar-refractivity contribution is 7.93. The monoisotopic (exact) mass is 522 g/mol. The van der Waals surface area contributed by atoms with Crippen LogP contribution in [-0.4, -0.2) is 26.6 Å². The molecule has 0 atom stereocenters. The Labute approximate surface area is 199 Å². The Bertz CT molecular complexity index is 1550. The molecular formula is C22H17F3N4O4S2. The SMILES string of the molecule is O=S(=O)(Nc1ccc(S(=O)(=O)Nc2ccnn2-c2ccccc2)cc1)c1cccc(C(F)(F)F)c1. The van der Waals surface area contributed by atoms with Gasteiger partial charge in [0.1, 0.15) is 5.82 Å². The standard InChI is InChI=1S/C22H17F3N4O4S2/c23-22(24,25)16-5-4-8-20(15-16)35(32,33)27-17-9-11-19(12-10-17)34(30,31)28-21-13-14-26-29(21)18-6-2-1-3-7-18/h1-15,27-28H. The topological polar surface area (TPSA) is 110 Å². The molecule has 0 saturated heterocycles. The van der Waals surface area contributed by atoms with E-state index < -0.39 is 36.7 Å². The first-order valence-electron chi connectivity index (χ1n) is 9.88. The number of alkyl halides is 3. The van der Waals surface area contributed by atoms with E-state index in [1.54, 1.807) is 30.3 Å². The van der Waals surface area contributed by atoms with Gasteiger partial charge in [0, 0.05) is 11.8 Å². The summed E-state index contributed by atoms with van der Waals surface area (Å²) in [5, 5.41) is 4.11. The number of hydrogen-bond acceptors (Lipinski definition) is 5. The fourth-order valence-electron chi connectivity index (χ4n) is 3.11. The van der Waals surface area contributed by atoms with Crippen LogP contribution in [0.5, 0.6) is 0 Å². The maximum absolute atomic E-state index is 12.9. The zero-order valence-electron chi connectivity index (χ0n) is 17.6. The summed E-state index contributed by atoms with van der Waals surface area (Å²) < 4.78 is 95.4. The van der Waals surface area contributed by atoms with E-state index in [1.165, 1.54) is 29.1 Å². The normalized spacial score (nSPS) is 12.3. The van der Waals surface area contributed by atoms with Gasteiger partial charge in [-0.1, -0.05) is 24.3 Å². The van der Waals surface area contributed by atoms with Crippen LogP contribution in [0.3, 0.4) is 0 Å². The van der Waals surface area contributed by atoms with Crippen molar-refractivity contribution in [2.24, 2.45) is 0 Å². The fraction of sp³-hybridized carbons (Fsp3) is 0.0455. The molecule has 2 N–H and O–H groups in total. The van der Waals surface area contributed by atoms with Gasteiger partial charge in [-0.3, -0.25) is 9.44 Å². The van der Waals surface area contributed by atoms with Crippen LogP contribution in [0.25, 0.3) is 5.69 Å². The number of sulfonamides is 2. The molecule has 13 heteroatoms. The minimum Gasteiger partial charge on any atom is -0.280 e. The van der Waals surface area contributed by atoms with Crippen LogP contribution >= 0.6 is 0 Å². The average molecular weight is 523 g/mol. The first kappa shape index (κ1) is 24.3. The molecule has 0 amide bonds. The molecule has 3 aromatic carbocycles. The smallest absolute Gasteiger partial charge is 0.280 e. The Morgan fingerprint density at radius 1 is 0.714 bits per heavy atom. The highest BCUT2D eigenvalue weighted by Crippen LogP contribution is 2.31. The van der Waals surface area contributed by atoms with Crippen LogP contribution in [0.4, 0.5) is 24.7 Å². The molecule has 0 aliphatic rings. The van der Waals surface area contributed by atoms with Crippen molar-refractivity contribution in [3.63, 3.8) is 0 Å². The second kappa shape index (κ2) is 9.07. The third kappa shape index (κ3) is 5.46. The zero-order chi connectivity index (χ0) is 25.3. The van der Waals surface area contributed by atoms with Gasteiger partial charge >= 0.3 is 6.18 Å². The molecule has 0 bridgehead atoms. The Morgan fingerprint density at radius 3 is 2.03 bits per heavy atom. The maximum atomic E-state index is 12.9. The summed E-state index contributed by atoms with van der Waals surface area (Å²) in [6.45, 7) is 0. The highest BCUT2D eigenvalue weighted by atomic mass is 32.2. The molecule has 4 rings (SSSR count). The van der Waals surface area contributed by atoms with E-state index in [4.69, 9.17) is 0 Å². The summed E-state index contributed by atoms with van der Waals surface area (Å²) in [7, 11) is -8.41. The van der Waals surface area contributed by atoms with Gasteiger partial charge < -0.3 is 0 Å². The molecule has 0 aliphatic carbocycles. The lowest BCUT2D eigenvalue weighted by Crippen LogP contribution is -2.16. The van der Waals surface area contributed by atoms with E-state index in [0.29, 0.717) is 11.8 Å². The van der Waals surface area contributed by atoms with Crippen LogP contribution in [0.1, 0.15) is 5.56 Å². The lowest BCUT2D eigenvalue weighted by atomic mass is 10.2. The van der Waals surface area contributed by atoms with Crippen molar-refractivity contribution in [3.05, 3.63) is 96.7 Å². The third-order valence-electron chi connectivity index (χ3n) is 4.77. The predicted octanol–water partition coefficient (Wildman–Crippen LogP) is 4.49. The van der Waals surface area contributed by atoms with Crippen molar-refractivity contribution in [3.8, 4) is 5.69 Å². The van der Waals surface area contributed by atoms with Crippen molar-refractivity contribution >= 4 is 31.6 Å². The molecule has 0 spiro atoms. The van der Waals surface area contributed by atoms with Crippen molar-refractivity contribution < 1.29 is 30.0 Å². The second-order valence-electron chi connectivity index (χ2n) is 7.22. The summed E-state index contributed by atoms with van der Waals surface area (Å²) >= 11 is 0. The molecule has 35 heavy (non-hydrogen) atoms. The number of para-hydroxylation sites is 1. The van der Waals surface area contributed by atoms with E-state index in [0.717, 1.165) is 30.3 Å². The third-order valence-corrected chi connectivity index (χ3v) is 7.52. The largest absolute Gasteiger partial charge is 0.416 e.